The summed E-state index contributed by atoms with van der Waals surface area (Å²) in [6.07, 6.45) is 1.76. The second-order valence-corrected chi connectivity index (χ2v) is 12.3. The molecule has 0 unspecified atom stereocenters. The number of hydrogen-bond acceptors (Lipinski definition) is 7. The van der Waals surface area contributed by atoms with Gasteiger partial charge in [-0.15, -0.1) is 0 Å². The molecule has 1 amide bonds. The molecule has 10 nitrogen and oxygen atoms in total. The Kier molecular flexibility index (Phi) is 7.38. The lowest BCUT2D eigenvalue weighted by molar-refractivity contribution is 0.102. The monoisotopic (exact) mass is 529 g/mol. The zero-order chi connectivity index (χ0) is 25.9. The number of benzene rings is 2. The molecule has 0 saturated carbocycles. The van der Waals surface area contributed by atoms with E-state index >= 15 is 0 Å². The van der Waals surface area contributed by atoms with E-state index in [1.165, 1.54) is 28.6 Å². The molecule has 0 atom stereocenters. The number of sulfonamides is 2. The van der Waals surface area contributed by atoms with Crippen molar-refractivity contribution in [2.75, 3.05) is 23.1 Å². The van der Waals surface area contributed by atoms with Gasteiger partial charge in [-0.1, -0.05) is 12.1 Å². The number of carbonyl (C=O) groups is 1. The van der Waals surface area contributed by atoms with Crippen molar-refractivity contribution in [1.82, 2.24) is 14.3 Å². The van der Waals surface area contributed by atoms with Gasteiger partial charge in [-0.25, -0.2) is 35.8 Å². The Morgan fingerprint density at radius 1 is 0.889 bits per heavy atom. The molecule has 1 aliphatic heterocycles. The van der Waals surface area contributed by atoms with Crippen molar-refractivity contribution in [2.45, 2.75) is 37.3 Å². The SMILES string of the molecule is Cc1cc(C)nc(NS(=O)(=O)c2ccc(NC(=O)c3ccc(CS(=O)(=O)N4CCCC4)cc3)cc2)n1. The third-order valence-electron chi connectivity index (χ3n) is 5.65. The topological polar surface area (TPSA) is 138 Å². The summed E-state index contributed by atoms with van der Waals surface area (Å²) in [5, 5.41) is 2.71. The van der Waals surface area contributed by atoms with Crippen LogP contribution in [0.3, 0.4) is 0 Å². The minimum atomic E-state index is -3.91. The van der Waals surface area contributed by atoms with E-state index in [4.69, 9.17) is 0 Å². The first-order valence-electron chi connectivity index (χ1n) is 11.4. The first-order chi connectivity index (χ1) is 17.0. The summed E-state index contributed by atoms with van der Waals surface area (Å²) in [6, 6.07) is 13.8. The smallest absolute Gasteiger partial charge is 0.264 e. The Labute approximate surface area is 210 Å². The number of anilines is 2. The van der Waals surface area contributed by atoms with E-state index < -0.39 is 26.0 Å². The number of carbonyl (C=O) groups excluding carboxylic acids is 1. The number of aryl methyl sites for hydroxylation is 2. The molecule has 0 spiro atoms. The molecule has 12 heteroatoms. The Balaban J connectivity index is 1.39. The Morgan fingerprint density at radius 3 is 2.06 bits per heavy atom. The molecular formula is C24H27N5O5S2. The highest BCUT2D eigenvalue weighted by Crippen LogP contribution is 2.20. The van der Waals surface area contributed by atoms with E-state index in [0.29, 0.717) is 41.3 Å². The highest BCUT2D eigenvalue weighted by molar-refractivity contribution is 7.92. The maximum Gasteiger partial charge on any atom is 0.264 e. The van der Waals surface area contributed by atoms with Crippen molar-refractivity contribution in [3.63, 3.8) is 0 Å². The van der Waals surface area contributed by atoms with Crippen LogP contribution in [0.15, 0.2) is 59.5 Å². The van der Waals surface area contributed by atoms with Crippen molar-refractivity contribution in [3.8, 4) is 0 Å². The number of nitrogens with one attached hydrogen (secondary N) is 2. The lowest BCUT2D eigenvalue weighted by Gasteiger charge is -2.15. The van der Waals surface area contributed by atoms with Crippen molar-refractivity contribution in [3.05, 3.63) is 77.1 Å². The van der Waals surface area contributed by atoms with Gasteiger partial charge >= 0.3 is 0 Å². The summed E-state index contributed by atoms with van der Waals surface area (Å²) in [6.45, 7) is 4.60. The van der Waals surface area contributed by atoms with Crippen LogP contribution in [0.2, 0.25) is 0 Å². The Bertz CT molecular complexity index is 1450. The minimum absolute atomic E-state index is 0.00757. The van der Waals surface area contributed by atoms with Gasteiger partial charge in [0.2, 0.25) is 16.0 Å². The van der Waals surface area contributed by atoms with Crippen molar-refractivity contribution < 1.29 is 21.6 Å². The number of rotatable bonds is 8. The van der Waals surface area contributed by atoms with E-state index in [1.54, 1.807) is 44.2 Å². The molecule has 2 aromatic carbocycles. The molecule has 3 aromatic rings. The lowest BCUT2D eigenvalue weighted by atomic mass is 10.1. The van der Waals surface area contributed by atoms with Crippen LogP contribution >= 0.6 is 0 Å². The van der Waals surface area contributed by atoms with Crippen LogP contribution in [0.4, 0.5) is 11.6 Å². The fourth-order valence-electron chi connectivity index (χ4n) is 3.89. The normalized spacial score (nSPS) is 14.5. The zero-order valence-electron chi connectivity index (χ0n) is 19.9. The number of hydrogen-bond donors (Lipinski definition) is 2. The summed E-state index contributed by atoms with van der Waals surface area (Å²) in [7, 11) is -7.28. The minimum Gasteiger partial charge on any atom is -0.322 e. The molecule has 0 aliphatic carbocycles. The van der Waals surface area contributed by atoms with Crippen molar-refractivity contribution in [1.29, 1.82) is 0 Å². The third kappa shape index (κ3) is 6.25. The molecule has 0 radical (unpaired) electrons. The van der Waals surface area contributed by atoms with E-state index in [2.05, 4.69) is 20.0 Å². The van der Waals surface area contributed by atoms with E-state index in [1.807, 2.05) is 0 Å². The van der Waals surface area contributed by atoms with Gasteiger partial charge in [0.1, 0.15) is 0 Å². The predicted molar refractivity (Wildman–Crippen MR) is 137 cm³/mol. The van der Waals surface area contributed by atoms with Crippen LogP contribution in [0.5, 0.6) is 0 Å². The summed E-state index contributed by atoms with van der Waals surface area (Å²) in [5.74, 6) is -0.519. The van der Waals surface area contributed by atoms with Gasteiger partial charge in [0.15, 0.2) is 0 Å². The maximum absolute atomic E-state index is 12.7. The largest absolute Gasteiger partial charge is 0.322 e. The highest BCUT2D eigenvalue weighted by atomic mass is 32.2. The second kappa shape index (κ2) is 10.3. The van der Waals surface area contributed by atoms with Gasteiger partial charge < -0.3 is 5.32 Å². The lowest BCUT2D eigenvalue weighted by Crippen LogP contribution is -2.29. The molecule has 190 valence electrons. The molecule has 0 bridgehead atoms. The van der Waals surface area contributed by atoms with Gasteiger partial charge in [-0.05, 0) is 74.7 Å². The van der Waals surface area contributed by atoms with Crippen LogP contribution < -0.4 is 10.0 Å². The van der Waals surface area contributed by atoms with Gasteiger partial charge in [-0.2, -0.15) is 0 Å². The second-order valence-electron chi connectivity index (χ2n) is 8.62. The predicted octanol–water partition coefficient (Wildman–Crippen LogP) is 3.07. The van der Waals surface area contributed by atoms with Crippen molar-refractivity contribution in [2.24, 2.45) is 0 Å². The fourth-order valence-corrected chi connectivity index (χ4v) is 6.45. The Hall–Kier alpha value is -3.35. The van der Waals surface area contributed by atoms with E-state index in [-0.39, 0.29) is 16.6 Å². The average molecular weight is 530 g/mol. The third-order valence-corrected chi connectivity index (χ3v) is 8.85. The molecule has 1 saturated heterocycles. The summed E-state index contributed by atoms with van der Waals surface area (Å²) >= 11 is 0. The maximum atomic E-state index is 12.7. The molecular weight excluding hydrogens is 502 g/mol. The van der Waals surface area contributed by atoms with Gasteiger partial charge in [0.05, 0.1) is 10.6 Å². The summed E-state index contributed by atoms with van der Waals surface area (Å²) < 4.78 is 54.2. The zero-order valence-corrected chi connectivity index (χ0v) is 21.6. The van der Waals surface area contributed by atoms with Crippen LogP contribution in [0, 0.1) is 13.8 Å². The molecule has 1 aliphatic rings. The van der Waals surface area contributed by atoms with Crippen LogP contribution in [-0.4, -0.2) is 50.1 Å². The van der Waals surface area contributed by atoms with Crippen molar-refractivity contribution >= 4 is 37.6 Å². The Morgan fingerprint density at radius 2 is 1.47 bits per heavy atom. The number of nitrogens with zero attached hydrogens (tertiary/aromatic N) is 3. The fraction of sp³-hybridized carbons (Fsp3) is 0.292. The summed E-state index contributed by atoms with van der Waals surface area (Å²) in [5.41, 5.74) is 2.64. The van der Waals surface area contributed by atoms with Crippen LogP contribution in [-0.2, 0) is 25.8 Å². The summed E-state index contributed by atoms with van der Waals surface area (Å²) in [4.78, 5) is 20.8. The van der Waals surface area contributed by atoms with Crippen LogP contribution in [0.1, 0.15) is 40.2 Å². The quantitative estimate of drug-likeness (QED) is 0.457. The first kappa shape index (κ1) is 25.7. The standard InChI is InChI=1S/C24H27N5O5S2/c1-17-15-18(2)26-24(25-17)28-36(33,34)22-11-9-21(10-12-22)27-23(30)20-7-5-19(6-8-20)16-35(31,32)29-13-3-4-14-29/h5-12,15H,3-4,13-14,16H2,1-2H3,(H,27,30)(H,25,26,28). The first-order valence-corrected chi connectivity index (χ1v) is 14.4. The van der Waals surface area contributed by atoms with E-state index in [9.17, 15) is 21.6 Å². The number of amides is 1. The highest BCUT2D eigenvalue weighted by Gasteiger charge is 2.25. The van der Waals surface area contributed by atoms with Gasteiger partial charge in [0, 0.05) is 35.7 Å². The molecule has 4 rings (SSSR count). The molecule has 1 fully saturated rings. The molecule has 36 heavy (non-hydrogen) atoms. The van der Waals surface area contributed by atoms with Gasteiger partial charge in [-0.3, -0.25) is 4.79 Å². The molecule has 2 heterocycles. The van der Waals surface area contributed by atoms with Crippen LogP contribution in [0.25, 0.3) is 0 Å². The average Bonchev–Trinajstić information content (AvgIpc) is 3.35. The molecule has 1 aromatic heterocycles. The molecule has 2 N–H and O–H groups in total. The number of aromatic nitrogens is 2. The van der Waals surface area contributed by atoms with Gasteiger partial charge in [0.25, 0.3) is 15.9 Å². The van der Waals surface area contributed by atoms with E-state index in [0.717, 1.165) is 12.8 Å².